The Morgan fingerprint density at radius 2 is 2.11 bits per heavy atom. The molecule has 1 heterocycles. The first kappa shape index (κ1) is 15.4. The number of likely N-dealkylation sites (N-methyl/N-ethyl adjacent to an activating group) is 2. The van der Waals surface area contributed by atoms with Gasteiger partial charge in [0.15, 0.2) is 0 Å². The van der Waals surface area contributed by atoms with Gasteiger partial charge < -0.3 is 9.80 Å². The molecule has 0 aliphatic rings. The molecule has 0 saturated heterocycles. The smallest absolute Gasteiger partial charge is 0.246 e. The Kier molecular flexibility index (Phi) is 5.69. The van der Waals surface area contributed by atoms with Crippen molar-refractivity contribution in [2.75, 3.05) is 20.6 Å². The Morgan fingerprint density at radius 3 is 2.63 bits per heavy atom. The van der Waals surface area contributed by atoms with Crippen LogP contribution in [0.1, 0.15) is 16.8 Å². The summed E-state index contributed by atoms with van der Waals surface area (Å²) < 4.78 is 0. The Hall–Kier alpha value is -1.69. The van der Waals surface area contributed by atoms with Gasteiger partial charge in [0, 0.05) is 25.2 Å². The van der Waals surface area contributed by atoms with Gasteiger partial charge in [0.2, 0.25) is 11.8 Å². The highest BCUT2D eigenvalue weighted by Gasteiger charge is 2.15. The van der Waals surface area contributed by atoms with Gasteiger partial charge >= 0.3 is 0 Å². The fourth-order valence-corrected chi connectivity index (χ4v) is 2.35. The predicted molar refractivity (Wildman–Crippen MR) is 75.8 cm³/mol. The fourth-order valence-electron chi connectivity index (χ4n) is 1.43. The van der Waals surface area contributed by atoms with Gasteiger partial charge in [-0.2, -0.15) is 0 Å². The molecule has 19 heavy (non-hydrogen) atoms. The highest BCUT2D eigenvalue weighted by molar-refractivity contribution is 7.11. The highest BCUT2D eigenvalue weighted by Crippen LogP contribution is 2.14. The van der Waals surface area contributed by atoms with E-state index in [1.165, 1.54) is 15.9 Å². The summed E-state index contributed by atoms with van der Waals surface area (Å²) in [6, 6.07) is 0. The molecule has 5 nitrogen and oxygen atoms in total. The zero-order chi connectivity index (χ0) is 14.4. The summed E-state index contributed by atoms with van der Waals surface area (Å²) in [5, 5.41) is 0.908. The van der Waals surface area contributed by atoms with E-state index < -0.39 is 0 Å². The Balaban J connectivity index is 2.52. The first-order valence-corrected chi connectivity index (χ1v) is 6.84. The Labute approximate surface area is 117 Å². The molecule has 2 amide bonds. The minimum Gasteiger partial charge on any atom is -0.337 e. The molecule has 104 valence electrons. The Bertz CT molecular complexity index is 470. The zero-order valence-electron chi connectivity index (χ0n) is 11.5. The van der Waals surface area contributed by atoms with Crippen LogP contribution in [0.3, 0.4) is 0 Å². The lowest BCUT2D eigenvalue weighted by Gasteiger charge is -2.20. The molecular weight excluding hydrogens is 262 g/mol. The zero-order valence-corrected chi connectivity index (χ0v) is 12.4. The molecule has 0 saturated carbocycles. The second-order valence-electron chi connectivity index (χ2n) is 4.22. The first-order valence-electron chi connectivity index (χ1n) is 6.03. The summed E-state index contributed by atoms with van der Waals surface area (Å²) in [6.45, 7) is 5.98. The van der Waals surface area contributed by atoms with E-state index in [-0.39, 0.29) is 18.4 Å². The van der Waals surface area contributed by atoms with Gasteiger partial charge in [0.1, 0.15) is 5.01 Å². The van der Waals surface area contributed by atoms with Crippen LogP contribution in [-0.4, -0.2) is 47.2 Å². The largest absolute Gasteiger partial charge is 0.337 e. The van der Waals surface area contributed by atoms with E-state index in [1.807, 2.05) is 6.20 Å². The molecule has 1 rings (SSSR count). The molecule has 0 fully saturated rings. The van der Waals surface area contributed by atoms with Crippen molar-refractivity contribution in [2.45, 2.75) is 19.9 Å². The third-order valence-corrected chi connectivity index (χ3v) is 3.80. The van der Waals surface area contributed by atoms with Crippen LogP contribution in [0.15, 0.2) is 18.9 Å². The number of carbonyl (C=O) groups is 2. The van der Waals surface area contributed by atoms with Crippen LogP contribution in [0.5, 0.6) is 0 Å². The van der Waals surface area contributed by atoms with Crippen molar-refractivity contribution in [3.63, 3.8) is 0 Å². The van der Waals surface area contributed by atoms with E-state index in [4.69, 9.17) is 0 Å². The lowest BCUT2D eigenvalue weighted by Crippen LogP contribution is -2.38. The summed E-state index contributed by atoms with van der Waals surface area (Å²) in [5.41, 5.74) is 0. The molecule has 0 unspecified atom stereocenters. The lowest BCUT2D eigenvalue weighted by atomic mass is 10.4. The van der Waals surface area contributed by atoms with Crippen molar-refractivity contribution in [3.05, 3.63) is 28.7 Å². The molecule has 0 bridgehead atoms. The van der Waals surface area contributed by atoms with E-state index in [2.05, 4.69) is 18.5 Å². The minimum absolute atomic E-state index is 0.0490. The normalized spacial score (nSPS) is 10.1. The predicted octanol–water partition coefficient (Wildman–Crippen LogP) is 1.31. The van der Waals surface area contributed by atoms with E-state index >= 15 is 0 Å². The quantitative estimate of drug-likeness (QED) is 0.739. The molecule has 0 radical (unpaired) electrons. The number of aromatic nitrogens is 1. The van der Waals surface area contributed by atoms with Crippen LogP contribution in [-0.2, 0) is 22.6 Å². The summed E-state index contributed by atoms with van der Waals surface area (Å²) >= 11 is 1.61. The second kappa shape index (κ2) is 7.04. The lowest BCUT2D eigenvalue weighted by molar-refractivity contribution is -0.136. The second-order valence-corrected chi connectivity index (χ2v) is 5.42. The molecule has 1 aromatic rings. The Morgan fingerprint density at radius 1 is 1.42 bits per heavy atom. The van der Waals surface area contributed by atoms with Gasteiger partial charge in [-0.15, -0.1) is 11.3 Å². The van der Waals surface area contributed by atoms with E-state index in [9.17, 15) is 9.59 Å². The van der Waals surface area contributed by atoms with Crippen LogP contribution in [0, 0.1) is 0 Å². The van der Waals surface area contributed by atoms with Gasteiger partial charge in [0.25, 0.3) is 0 Å². The number of hydrogen-bond acceptors (Lipinski definition) is 4. The summed E-state index contributed by atoms with van der Waals surface area (Å²) in [4.78, 5) is 31.6. The van der Waals surface area contributed by atoms with Gasteiger partial charge in [-0.3, -0.25) is 9.59 Å². The molecular formula is C13H19N3O2S. The van der Waals surface area contributed by atoms with Crippen LogP contribution in [0.2, 0.25) is 0 Å². The maximum Gasteiger partial charge on any atom is 0.246 e. The summed E-state index contributed by atoms with van der Waals surface area (Å²) in [7, 11) is 3.29. The van der Waals surface area contributed by atoms with Crippen LogP contribution < -0.4 is 0 Å². The molecule has 0 N–H and O–H groups in total. The summed E-state index contributed by atoms with van der Waals surface area (Å²) in [5.74, 6) is -0.379. The van der Waals surface area contributed by atoms with Crippen LogP contribution in [0.4, 0.5) is 0 Å². The van der Waals surface area contributed by atoms with Gasteiger partial charge in [-0.25, -0.2) is 4.98 Å². The van der Waals surface area contributed by atoms with Crippen molar-refractivity contribution in [2.24, 2.45) is 0 Å². The first-order chi connectivity index (χ1) is 8.97. The highest BCUT2D eigenvalue weighted by atomic mass is 32.1. The average molecular weight is 281 g/mol. The van der Waals surface area contributed by atoms with Crippen molar-refractivity contribution in [1.29, 1.82) is 0 Å². The summed E-state index contributed by atoms with van der Waals surface area (Å²) in [6.07, 6.45) is 3.99. The molecule has 0 spiro atoms. The minimum atomic E-state index is -0.260. The third-order valence-electron chi connectivity index (χ3n) is 2.67. The number of nitrogens with zero attached hydrogens (tertiary/aromatic N) is 3. The van der Waals surface area contributed by atoms with E-state index in [0.29, 0.717) is 6.54 Å². The van der Waals surface area contributed by atoms with Crippen LogP contribution >= 0.6 is 11.3 Å². The molecule has 0 aliphatic carbocycles. The maximum atomic E-state index is 11.9. The molecule has 0 aromatic carbocycles. The molecule has 0 aliphatic heterocycles. The number of amides is 2. The molecule has 1 aromatic heterocycles. The number of rotatable bonds is 6. The number of carbonyl (C=O) groups excluding carboxylic acids is 2. The fraction of sp³-hybridized carbons (Fsp3) is 0.462. The van der Waals surface area contributed by atoms with Crippen molar-refractivity contribution < 1.29 is 9.59 Å². The number of thiazole rings is 1. The number of hydrogen-bond donors (Lipinski definition) is 0. The van der Waals surface area contributed by atoms with Crippen molar-refractivity contribution in [1.82, 2.24) is 14.8 Å². The van der Waals surface area contributed by atoms with Gasteiger partial charge in [-0.1, -0.05) is 13.5 Å². The number of aryl methyl sites for hydroxylation is 1. The van der Waals surface area contributed by atoms with Crippen molar-refractivity contribution >= 4 is 23.2 Å². The maximum absolute atomic E-state index is 11.9. The SMILES string of the molecule is C=CC(=O)N(C)CC(=O)N(C)Cc1ncc(CC)s1. The van der Waals surface area contributed by atoms with E-state index in [1.54, 1.807) is 30.3 Å². The van der Waals surface area contributed by atoms with Gasteiger partial charge in [-0.05, 0) is 12.5 Å². The average Bonchev–Trinajstić information content (AvgIpc) is 2.85. The molecule has 0 atom stereocenters. The van der Waals surface area contributed by atoms with Crippen LogP contribution in [0.25, 0.3) is 0 Å². The van der Waals surface area contributed by atoms with E-state index in [0.717, 1.165) is 11.4 Å². The molecule has 6 heteroatoms. The van der Waals surface area contributed by atoms with Gasteiger partial charge in [0.05, 0.1) is 13.1 Å². The third kappa shape index (κ3) is 4.48. The standard InChI is InChI=1S/C13H19N3O2S/c1-5-10-7-14-11(19-10)8-15(3)13(18)9-16(4)12(17)6-2/h6-7H,2,5,8-9H2,1,3-4H3. The monoisotopic (exact) mass is 281 g/mol. The topological polar surface area (TPSA) is 53.5 Å². The van der Waals surface area contributed by atoms with Crippen molar-refractivity contribution in [3.8, 4) is 0 Å².